The quantitative estimate of drug-likeness (QED) is 0.773. The minimum Gasteiger partial charge on any atom is -0.496 e. The first-order valence-electron chi connectivity index (χ1n) is 5.31. The maximum Gasteiger partial charge on any atom is 0.180 e. The summed E-state index contributed by atoms with van der Waals surface area (Å²) in [5, 5.41) is 3.10. The zero-order valence-electron chi connectivity index (χ0n) is 9.13. The van der Waals surface area contributed by atoms with Crippen LogP contribution in [0.1, 0.15) is 23.2 Å². The molecule has 1 aliphatic rings. The van der Waals surface area contributed by atoms with E-state index < -0.39 is 5.82 Å². The molecule has 1 aromatic carbocycles. The number of hydrogen-bond acceptors (Lipinski definition) is 3. The average molecular weight is 223 g/mol. The monoisotopic (exact) mass is 223 g/mol. The van der Waals surface area contributed by atoms with Gasteiger partial charge in [-0.05, 0) is 31.0 Å². The number of rotatable bonds is 5. The van der Waals surface area contributed by atoms with Crippen molar-refractivity contribution in [2.45, 2.75) is 18.9 Å². The van der Waals surface area contributed by atoms with Gasteiger partial charge in [0.25, 0.3) is 0 Å². The number of methoxy groups -OCH3 is 1. The van der Waals surface area contributed by atoms with Crippen molar-refractivity contribution in [2.75, 3.05) is 13.7 Å². The maximum atomic E-state index is 13.0. The van der Waals surface area contributed by atoms with Crippen LogP contribution in [0.4, 0.5) is 4.39 Å². The molecule has 86 valence electrons. The first-order chi connectivity index (χ1) is 7.70. The number of carbonyl (C=O) groups excluding carboxylic acids is 1. The van der Waals surface area contributed by atoms with Gasteiger partial charge in [-0.1, -0.05) is 0 Å². The van der Waals surface area contributed by atoms with Crippen molar-refractivity contribution in [1.29, 1.82) is 0 Å². The second-order valence-electron chi connectivity index (χ2n) is 3.92. The summed E-state index contributed by atoms with van der Waals surface area (Å²) in [6, 6.07) is 4.43. The fraction of sp³-hybridized carbons (Fsp3) is 0.417. The Morgan fingerprint density at radius 1 is 1.56 bits per heavy atom. The number of halogens is 1. The number of nitrogens with one attached hydrogen (secondary N) is 1. The Kier molecular flexibility index (Phi) is 3.19. The first-order valence-corrected chi connectivity index (χ1v) is 5.31. The van der Waals surface area contributed by atoms with Crippen LogP contribution >= 0.6 is 0 Å². The Balaban J connectivity index is 2.09. The first kappa shape index (κ1) is 11.1. The van der Waals surface area contributed by atoms with Crippen LogP contribution in [-0.2, 0) is 0 Å². The van der Waals surface area contributed by atoms with E-state index in [1.54, 1.807) is 0 Å². The largest absolute Gasteiger partial charge is 0.496 e. The zero-order chi connectivity index (χ0) is 11.5. The molecular weight excluding hydrogens is 209 g/mol. The van der Waals surface area contributed by atoms with Crippen molar-refractivity contribution in [3.63, 3.8) is 0 Å². The van der Waals surface area contributed by atoms with E-state index in [1.807, 2.05) is 0 Å². The van der Waals surface area contributed by atoms with E-state index in [9.17, 15) is 9.18 Å². The molecule has 0 aliphatic heterocycles. The molecule has 0 atom stereocenters. The Morgan fingerprint density at radius 3 is 2.94 bits per heavy atom. The van der Waals surface area contributed by atoms with Crippen LogP contribution in [0.25, 0.3) is 0 Å². The number of ether oxygens (including phenoxy) is 1. The number of hydrogen-bond donors (Lipinski definition) is 1. The summed E-state index contributed by atoms with van der Waals surface area (Å²) >= 11 is 0. The van der Waals surface area contributed by atoms with Crippen molar-refractivity contribution in [2.24, 2.45) is 0 Å². The molecule has 1 fully saturated rings. The van der Waals surface area contributed by atoms with Crippen molar-refractivity contribution < 1.29 is 13.9 Å². The van der Waals surface area contributed by atoms with Gasteiger partial charge in [0.2, 0.25) is 0 Å². The molecule has 2 rings (SSSR count). The summed E-state index contributed by atoms with van der Waals surface area (Å²) in [5.74, 6) is -0.136. The van der Waals surface area contributed by atoms with Gasteiger partial charge in [0.05, 0.1) is 19.2 Å². The van der Waals surface area contributed by atoms with Crippen LogP contribution in [0.5, 0.6) is 5.75 Å². The summed E-state index contributed by atoms with van der Waals surface area (Å²) in [6.45, 7) is 0.241. The maximum absolute atomic E-state index is 13.0. The molecule has 0 aromatic heterocycles. The van der Waals surface area contributed by atoms with Crippen LogP contribution < -0.4 is 10.1 Å². The average Bonchev–Trinajstić information content (AvgIpc) is 3.09. The lowest BCUT2D eigenvalue weighted by atomic mass is 10.1. The van der Waals surface area contributed by atoms with Gasteiger partial charge < -0.3 is 10.1 Å². The highest BCUT2D eigenvalue weighted by atomic mass is 19.1. The highest BCUT2D eigenvalue weighted by molar-refractivity contribution is 6.00. The van der Waals surface area contributed by atoms with E-state index in [0.29, 0.717) is 17.4 Å². The van der Waals surface area contributed by atoms with Gasteiger partial charge in [-0.3, -0.25) is 4.79 Å². The standard InChI is InChI=1S/C12H14FNO2/c1-16-12-5-2-8(13)6-10(12)11(15)7-14-9-3-4-9/h2,5-6,9,14H,3-4,7H2,1H3. The Labute approximate surface area is 93.6 Å². The SMILES string of the molecule is COc1ccc(F)cc1C(=O)CNC1CC1. The van der Waals surface area contributed by atoms with Crippen molar-refractivity contribution in [3.05, 3.63) is 29.6 Å². The van der Waals surface area contributed by atoms with Crippen LogP contribution in [0.15, 0.2) is 18.2 Å². The molecule has 4 heteroatoms. The van der Waals surface area contributed by atoms with E-state index >= 15 is 0 Å². The summed E-state index contributed by atoms with van der Waals surface area (Å²) in [5.41, 5.74) is 0.302. The molecule has 0 unspecified atom stereocenters. The number of benzene rings is 1. The molecule has 0 heterocycles. The van der Waals surface area contributed by atoms with Gasteiger partial charge in [-0.15, -0.1) is 0 Å². The van der Waals surface area contributed by atoms with E-state index in [1.165, 1.54) is 25.3 Å². The highest BCUT2D eigenvalue weighted by Gasteiger charge is 2.22. The molecule has 1 saturated carbocycles. The summed E-state index contributed by atoms with van der Waals surface area (Å²) in [7, 11) is 1.47. The summed E-state index contributed by atoms with van der Waals surface area (Å²) < 4.78 is 18.1. The Morgan fingerprint density at radius 2 is 2.31 bits per heavy atom. The van der Waals surface area contributed by atoms with Crippen LogP contribution in [0.2, 0.25) is 0 Å². The number of carbonyl (C=O) groups is 1. The van der Waals surface area contributed by atoms with Gasteiger partial charge in [0, 0.05) is 6.04 Å². The second-order valence-corrected chi connectivity index (χ2v) is 3.92. The zero-order valence-corrected chi connectivity index (χ0v) is 9.13. The molecule has 0 saturated heterocycles. The van der Waals surface area contributed by atoms with Crippen LogP contribution in [0, 0.1) is 5.82 Å². The third-order valence-electron chi connectivity index (χ3n) is 2.59. The molecule has 1 aliphatic carbocycles. The second kappa shape index (κ2) is 4.61. The molecule has 16 heavy (non-hydrogen) atoms. The van der Waals surface area contributed by atoms with Gasteiger partial charge >= 0.3 is 0 Å². The van der Waals surface area contributed by atoms with Gasteiger partial charge in [-0.25, -0.2) is 4.39 Å². The molecule has 0 radical (unpaired) electrons. The van der Waals surface area contributed by atoms with Crippen LogP contribution in [-0.4, -0.2) is 25.5 Å². The highest BCUT2D eigenvalue weighted by Crippen LogP contribution is 2.21. The molecule has 1 aromatic rings. The fourth-order valence-corrected chi connectivity index (χ4v) is 1.52. The molecule has 1 N–H and O–H groups in total. The topological polar surface area (TPSA) is 38.3 Å². The van der Waals surface area contributed by atoms with Gasteiger partial charge in [0.15, 0.2) is 5.78 Å². The fourth-order valence-electron chi connectivity index (χ4n) is 1.52. The van der Waals surface area contributed by atoms with E-state index in [0.717, 1.165) is 12.8 Å². The minimum absolute atomic E-state index is 0.136. The van der Waals surface area contributed by atoms with Crippen molar-refractivity contribution in [3.8, 4) is 5.75 Å². The molecule has 3 nitrogen and oxygen atoms in total. The van der Waals surface area contributed by atoms with E-state index in [4.69, 9.17) is 4.74 Å². The van der Waals surface area contributed by atoms with Crippen molar-refractivity contribution >= 4 is 5.78 Å². The Bertz CT molecular complexity index is 402. The Hall–Kier alpha value is -1.42. The number of Topliss-reactive ketones (excluding diaryl/α,β-unsaturated/α-hetero) is 1. The third-order valence-corrected chi connectivity index (χ3v) is 2.59. The smallest absolute Gasteiger partial charge is 0.180 e. The minimum atomic E-state index is -0.421. The van der Waals surface area contributed by atoms with Gasteiger partial charge in [-0.2, -0.15) is 0 Å². The normalized spacial score (nSPS) is 14.9. The summed E-state index contributed by atoms with van der Waals surface area (Å²) in [6.07, 6.45) is 2.24. The summed E-state index contributed by atoms with van der Waals surface area (Å²) in [4.78, 5) is 11.8. The molecule has 0 spiro atoms. The molecule has 0 amide bonds. The third kappa shape index (κ3) is 2.58. The van der Waals surface area contributed by atoms with Crippen LogP contribution in [0.3, 0.4) is 0 Å². The lowest BCUT2D eigenvalue weighted by Gasteiger charge is -2.08. The number of ketones is 1. The molecular formula is C12H14FNO2. The predicted molar refractivity (Wildman–Crippen MR) is 58.3 cm³/mol. The lowest BCUT2D eigenvalue weighted by molar-refractivity contribution is 0.0987. The van der Waals surface area contributed by atoms with Crippen molar-refractivity contribution in [1.82, 2.24) is 5.32 Å². The van der Waals surface area contributed by atoms with Gasteiger partial charge in [0.1, 0.15) is 11.6 Å². The van der Waals surface area contributed by atoms with E-state index in [2.05, 4.69) is 5.32 Å². The lowest BCUT2D eigenvalue weighted by Crippen LogP contribution is -2.25. The predicted octanol–water partition coefficient (Wildman–Crippen LogP) is 1.77. The van der Waals surface area contributed by atoms with E-state index in [-0.39, 0.29) is 12.3 Å². The molecule has 0 bridgehead atoms.